The van der Waals surface area contributed by atoms with Gasteiger partial charge in [0.1, 0.15) is 0 Å². The summed E-state index contributed by atoms with van der Waals surface area (Å²) < 4.78 is 0. The van der Waals surface area contributed by atoms with Gasteiger partial charge in [0.05, 0.1) is 6.04 Å². The molecule has 0 radical (unpaired) electrons. The fourth-order valence-corrected chi connectivity index (χ4v) is 3.39. The molecule has 0 fully saturated rings. The molecule has 3 aromatic carbocycles. The van der Waals surface area contributed by atoms with Crippen LogP contribution in [-0.2, 0) is 17.6 Å². The van der Waals surface area contributed by atoms with Crippen LogP contribution in [0.5, 0.6) is 0 Å². The molecule has 0 heterocycles. The Balaban J connectivity index is 1.66. The number of nitrogens with zero attached hydrogens (tertiary/aromatic N) is 1. The monoisotopic (exact) mass is 384 g/mol. The van der Waals surface area contributed by atoms with Crippen LogP contribution in [0.4, 0.5) is 0 Å². The first-order valence-electron chi connectivity index (χ1n) is 9.87. The minimum atomic E-state index is -0.226. The number of allylic oxidation sites excluding steroid dienone is 1. The van der Waals surface area contributed by atoms with Crippen LogP contribution in [0, 0.1) is 0 Å². The lowest BCUT2D eigenvalue weighted by atomic mass is 9.99. The van der Waals surface area contributed by atoms with Gasteiger partial charge in [-0.05, 0) is 42.8 Å². The van der Waals surface area contributed by atoms with Gasteiger partial charge in [0.2, 0.25) is 0 Å². The van der Waals surface area contributed by atoms with E-state index in [0.717, 1.165) is 11.1 Å². The number of hydrogen-bond acceptors (Lipinski definition) is 3. The van der Waals surface area contributed by atoms with E-state index in [9.17, 15) is 4.79 Å². The van der Waals surface area contributed by atoms with Gasteiger partial charge in [0.25, 0.3) is 0 Å². The fourth-order valence-electron chi connectivity index (χ4n) is 3.39. The van der Waals surface area contributed by atoms with Gasteiger partial charge in [-0.25, -0.2) is 0 Å². The number of rotatable bonds is 8. The molecule has 148 valence electrons. The number of carbonyl (C=O) groups is 1. The first kappa shape index (κ1) is 20.6. The first-order valence-corrected chi connectivity index (χ1v) is 9.87. The average molecular weight is 385 g/mol. The molecule has 3 nitrogen and oxygen atoms in total. The maximum Gasteiger partial charge on any atom is 0.174 e. The van der Waals surface area contributed by atoms with Crippen LogP contribution in [0.15, 0.2) is 96.7 Å². The molecule has 0 saturated carbocycles. The van der Waals surface area contributed by atoms with Gasteiger partial charge in [0.15, 0.2) is 5.78 Å². The van der Waals surface area contributed by atoms with Crippen LogP contribution in [0.1, 0.15) is 11.1 Å². The molecule has 0 bridgehead atoms. The number of likely N-dealkylation sites (N-methyl/N-ethyl adjacent to an activating group) is 1. The van der Waals surface area contributed by atoms with Gasteiger partial charge in [-0.15, -0.1) is 0 Å². The Morgan fingerprint density at radius 2 is 1.38 bits per heavy atom. The average Bonchev–Trinajstić information content (AvgIpc) is 2.73. The van der Waals surface area contributed by atoms with Crippen LogP contribution >= 0.6 is 0 Å². The highest BCUT2D eigenvalue weighted by Crippen LogP contribution is 2.20. The topological polar surface area (TPSA) is 46.3 Å². The van der Waals surface area contributed by atoms with Crippen molar-refractivity contribution >= 4 is 5.78 Å². The Morgan fingerprint density at radius 1 is 0.828 bits per heavy atom. The molecule has 3 aromatic rings. The van der Waals surface area contributed by atoms with Gasteiger partial charge >= 0.3 is 0 Å². The molecule has 2 N–H and O–H groups in total. The van der Waals surface area contributed by atoms with Crippen LogP contribution in [0.25, 0.3) is 11.1 Å². The van der Waals surface area contributed by atoms with E-state index in [1.54, 1.807) is 6.08 Å². The predicted octanol–water partition coefficient (Wildman–Crippen LogP) is 4.48. The zero-order valence-electron chi connectivity index (χ0n) is 17.1. The van der Waals surface area contributed by atoms with Gasteiger partial charge < -0.3 is 5.73 Å². The second-order valence-electron chi connectivity index (χ2n) is 7.53. The second kappa shape index (κ2) is 9.85. The molecular weight excluding hydrogens is 356 g/mol. The summed E-state index contributed by atoms with van der Waals surface area (Å²) >= 11 is 0. The van der Waals surface area contributed by atoms with Crippen molar-refractivity contribution in [2.45, 2.75) is 18.9 Å². The van der Waals surface area contributed by atoms with E-state index in [4.69, 9.17) is 5.73 Å². The predicted molar refractivity (Wildman–Crippen MR) is 120 cm³/mol. The number of carbonyl (C=O) groups excluding carboxylic acids is 1. The largest absolute Gasteiger partial charge is 0.402 e. The summed E-state index contributed by atoms with van der Waals surface area (Å²) in [5.41, 5.74) is 11.4. The molecule has 29 heavy (non-hydrogen) atoms. The van der Waals surface area contributed by atoms with E-state index in [2.05, 4.69) is 36.4 Å². The van der Waals surface area contributed by atoms with Crippen molar-refractivity contribution < 1.29 is 4.79 Å². The van der Waals surface area contributed by atoms with Crippen molar-refractivity contribution in [3.05, 3.63) is 108 Å². The van der Waals surface area contributed by atoms with Crippen molar-refractivity contribution in [1.82, 2.24) is 4.90 Å². The van der Waals surface area contributed by atoms with Gasteiger partial charge in [-0.2, -0.15) is 0 Å². The number of ketones is 1. The number of hydrogen-bond donors (Lipinski definition) is 1. The van der Waals surface area contributed by atoms with E-state index in [1.165, 1.54) is 11.1 Å². The summed E-state index contributed by atoms with van der Waals surface area (Å²) in [4.78, 5) is 14.8. The van der Waals surface area contributed by atoms with E-state index < -0.39 is 0 Å². The molecule has 1 atom stereocenters. The summed E-state index contributed by atoms with van der Waals surface area (Å²) in [5, 5.41) is 0. The highest BCUT2D eigenvalue weighted by molar-refractivity contribution is 5.95. The smallest absolute Gasteiger partial charge is 0.174 e. The van der Waals surface area contributed by atoms with Crippen molar-refractivity contribution in [3.8, 4) is 11.1 Å². The van der Waals surface area contributed by atoms with Gasteiger partial charge in [0, 0.05) is 18.2 Å². The molecule has 3 rings (SSSR count). The molecule has 0 amide bonds. The quantitative estimate of drug-likeness (QED) is 0.583. The summed E-state index contributed by atoms with van der Waals surface area (Å²) in [6.45, 7) is 0. The van der Waals surface area contributed by atoms with E-state index in [0.29, 0.717) is 18.5 Å². The van der Waals surface area contributed by atoms with Crippen LogP contribution in [-0.4, -0.2) is 30.8 Å². The lowest BCUT2D eigenvalue weighted by Gasteiger charge is -2.22. The zero-order valence-corrected chi connectivity index (χ0v) is 17.1. The molecule has 0 aliphatic rings. The zero-order chi connectivity index (χ0) is 20.6. The van der Waals surface area contributed by atoms with Crippen molar-refractivity contribution in [2.24, 2.45) is 5.73 Å². The van der Waals surface area contributed by atoms with Crippen LogP contribution in [0.3, 0.4) is 0 Å². The first-order chi connectivity index (χ1) is 14.0. The van der Waals surface area contributed by atoms with Crippen molar-refractivity contribution in [2.75, 3.05) is 14.1 Å². The summed E-state index contributed by atoms with van der Waals surface area (Å²) in [7, 11) is 3.86. The maximum absolute atomic E-state index is 12.8. The van der Waals surface area contributed by atoms with Crippen molar-refractivity contribution in [3.63, 3.8) is 0 Å². The number of nitrogens with two attached hydrogens (primary N) is 1. The van der Waals surface area contributed by atoms with Crippen LogP contribution in [0.2, 0.25) is 0 Å². The standard InChI is InChI=1S/C26H28N2O/c1-28(2)25(18-20-9-5-3-6-10-20)26(29)19-24(27)17-21-13-15-23(16-14-21)22-11-7-4-8-12-22/h3-16,19,25H,17-18,27H2,1-2H3/b24-19-/t25-/m0/s1. The third-order valence-electron chi connectivity index (χ3n) is 5.02. The van der Waals surface area contributed by atoms with E-state index in [-0.39, 0.29) is 11.8 Å². The minimum Gasteiger partial charge on any atom is -0.402 e. The summed E-state index contributed by atoms with van der Waals surface area (Å²) in [6.07, 6.45) is 2.83. The number of benzene rings is 3. The molecule has 0 unspecified atom stereocenters. The SMILES string of the molecule is CN(C)[C@@H](Cc1ccccc1)C(=O)/C=C(\N)Cc1ccc(-c2ccccc2)cc1. The molecule has 0 spiro atoms. The Bertz CT molecular complexity index is 945. The Hall–Kier alpha value is -3.17. The lowest BCUT2D eigenvalue weighted by Crippen LogP contribution is -2.37. The van der Waals surface area contributed by atoms with Gasteiger partial charge in [-0.1, -0.05) is 84.9 Å². The summed E-state index contributed by atoms with van der Waals surface area (Å²) in [6, 6.07) is 28.4. The third kappa shape index (κ3) is 5.90. The highest BCUT2D eigenvalue weighted by Gasteiger charge is 2.19. The normalized spacial score (nSPS) is 12.7. The Morgan fingerprint density at radius 3 is 1.97 bits per heavy atom. The van der Waals surface area contributed by atoms with Crippen molar-refractivity contribution in [1.29, 1.82) is 0 Å². The molecule has 0 aliphatic heterocycles. The fraction of sp³-hybridized carbons (Fsp3) is 0.192. The Kier molecular flexibility index (Phi) is 6.99. The second-order valence-corrected chi connectivity index (χ2v) is 7.53. The molecule has 0 aromatic heterocycles. The van der Waals surface area contributed by atoms with Gasteiger partial charge in [-0.3, -0.25) is 9.69 Å². The Labute approximate surface area is 173 Å². The molecule has 0 saturated heterocycles. The molecule has 0 aliphatic carbocycles. The minimum absolute atomic E-state index is 0.0391. The molecular formula is C26H28N2O. The maximum atomic E-state index is 12.8. The highest BCUT2D eigenvalue weighted by atomic mass is 16.1. The van der Waals surface area contributed by atoms with E-state index in [1.807, 2.05) is 67.5 Å². The third-order valence-corrected chi connectivity index (χ3v) is 5.02. The lowest BCUT2D eigenvalue weighted by molar-refractivity contribution is -0.118. The van der Waals surface area contributed by atoms with E-state index >= 15 is 0 Å². The summed E-state index contributed by atoms with van der Waals surface area (Å²) in [5.74, 6) is 0.0391. The van der Waals surface area contributed by atoms with Crippen LogP contribution < -0.4 is 5.73 Å². The molecule has 3 heteroatoms.